The molecule has 21 heavy (non-hydrogen) atoms. The fourth-order valence-corrected chi connectivity index (χ4v) is 3.46. The summed E-state index contributed by atoms with van der Waals surface area (Å²) in [5.74, 6) is 0.791. The van der Waals surface area contributed by atoms with Crippen molar-refractivity contribution in [1.29, 1.82) is 5.26 Å². The summed E-state index contributed by atoms with van der Waals surface area (Å²) < 4.78 is 5.39. The molecule has 1 aliphatic rings. The second-order valence-corrected chi connectivity index (χ2v) is 5.78. The van der Waals surface area contributed by atoms with E-state index >= 15 is 0 Å². The fraction of sp³-hybridized carbons (Fsp3) is 0.389. The van der Waals surface area contributed by atoms with Crippen LogP contribution in [0.5, 0.6) is 5.75 Å². The monoisotopic (exact) mass is 281 g/mol. The Hall–Kier alpha value is -2.05. The lowest BCUT2D eigenvalue weighted by Gasteiger charge is -2.28. The normalized spacial score (nSPS) is 18.3. The standard InChI is InChI=1S/C18H19NO2/c1-21-16-9-8-15(13-6-2-3-7-14(13)16)17(20)18(12-19)10-4-5-11-18/h2-3,6-9,17,20H,4-5,10-11H2,1H3. The van der Waals surface area contributed by atoms with E-state index in [0.717, 1.165) is 47.8 Å². The Balaban J connectivity index is 2.15. The molecule has 0 bridgehead atoms. The van der Waals surface area contributed by atoms with Gasteiger partial charge in [-0.25, -0.2) is 0 Å². The summed E-state index contributed by atoms with van der Waals surface area (Å²) in [5, 5.41) is 22.4. The minimum Gasteiger partial charge on any atom is -0.496 e. The maximum atomic E-state index is 10.9. The Kier molecular flexibility index (Phi) is 3.57. The van der Waals surface area contributed by atoms with E-state index in [4.69, 9.17) is 4.74 Å². The van der Waals surface area contributed by atoms with Crippen LogP contribution in [0.1, 0.15) is 37.4 Å². The van der Waals surface area contributed by atoms with E-state index in [1.807, 2.05) is 36.4 Å². The third-order valence-electron chi connectivity index (χ3n) is 4.67. The van der Waals surface area contributed by atoms with Crippen molar-refractivity contribution >= 4 is 10.8 Å². The van der Waals surface area contributed by atoms with Crippen LogP contribution in [-0.2, 0) is 0 Å². The van der Waals surface area contributed by atoms with Crippen LogP contribution >= 0.6 is 0 Å². The number of benzene rings is 2. The van der Waals surface area contributed by atoms with E-state index in [1.165, 1.54) is 0 Å². The quantitative estimate of drug-likeness (QED) is 0.926. The van der Waals surface area contributed by atoms with Gasteiger partial charge in [0.05, 0.1) is 24.7 Å². The summed E-state index contributed by atoms with van der Waals surface area (Å²) in [4.78, 5) is 0. The predicted molar refractivity (Wildman–Crippen MR) is 82.0 cm³/mol. The maximum absolute atomic E-state index is 10.9. The molecule has 2 aromatic carbocycles. The van der Waals surface area contributed by atoms with Gasteiger partial charge in [-0.3, -0.25) is 0 Å². The molecule has 0 spiro atoms. The lowest BCUT2D eigenvalue weighted by atomic mass is 9.77. The highest BCUT2D eigenvalue weighted by atomic mass is 16.5. The second kappa shape index (κ2) is 5.38. The van der Waals surface area contributed by atoms with Crippen molar-refractivity contribution in [2.75, 3.05) is 7.11 Å². The molecule has 108 valence electrons. The van der Waals surface area contributed by atoms with Crippen LogP contribution in [0.2, 0.25) is 0 Å². The van der Waals surface area contributed by atoms with Gasteiger partial charge in [-0.05, 0) is 29.9 Å². The summed E-state index contributed by atoms with van der Waals surface area (Å²) in [7, 11) is 1.64. The second-order valence-electron chi connectivity index (χ2n) is 5.78. The van der Waals surface area contributed by atoms with Crippen LogP contribution in [0.4, 0.5) is 0 Å². The highest BCUT2D eigenvalue weighted by molar-refractivity contribution is 5.91. The molecule has 0 saturated heterocycles. The highest BCUT2D eigenvalue weighted by Gasteiger charge is 2.42. The molecule has 0 aromatic heterocycles. The first-order valence-corrected chi connectivity index (χ1v) is 7.37. The number of methoxy groups -OCH3 is 1. The van der Waals surface area contributed by atoms with Crippen LogP contribution in [0.15, 0.2) is 36.4 Å². The molecule has 3 heteroatoms. The molecule has 0 amide bonds. The van der Waals surface area contributed by atoms with Crippen molar-refractivity contribution in [1.82, 2.24) is 0 Å². The largest absolute Gasteiger partial charge is 0.496 e. The SMILES string of the molecule is COc1ccc(C(O)C2(C#N)CCCC2)c2ccccc12. The Labute approximate surface area is 124 Å². The van der Waals surface area contributed by atoms with E-state index in [1.54, 1.807) is 7.11 Å². The van der Waals surface area contributed by atoms with Gasteiger partial charge in [-0.2, -0.15) is 5.26 Å². The number of fused-ring (bicyclic) bond motifs is 1. The molecule has 1 N–H and O–H groups in total. The average Bonchev–Trinajstić information content (AvgIpc) is 3.03. The van der Waals surface area contributed by atoms with Crippen molar-refractivity contribution in [3.8, 4) is 11.8 Å². The lowest BCUT2D eigenvalue weighted by molar-refractivity contribution is 0.0683. The van der Waals surface area contributed by atoms with Crippen molar-refractivity contribution in [3.63, 3.8) is 0 Å². The number of nitriles is 1. The van der Waals surface area contributed by atoms with E-state index in [2.05, 4.69) is 6.07 Å². The molecular formula is C18H19NO2. The Morgan fingerprint density at radius 1 is 1.14 bits per heavy atom. The molecular weight excluding hydrogens is 262 g/mol. The minimum atomic E-state index is -0.749. The predicted octanol–water partition coefficient (Wildman–Crippen LogP) is 3.97. The van der Waals surface area contributed by atoms with Crippen LogP contribution in [0.3, 0.4) is 0 Å². The van der Waals surface area contributed by atoms with Crippen LogP contribution in [0.25, 0.3) is 10.8 Å². The summed E-state index contributed by atoms with van der Waals surface area (Å²) in [5.41, 5.74) is 0.187. The number of ether oxygens (including phenoxy) is 1. The van der Waals surface area contributed by atoms with Crippen molar-refractivity contribution in [2.45, 2.75) is 31.8 Å². The maximum Gasteiger partial charge on any atom is 0.126 e. The van der Waals surface area contributed by atoms with Gasteiger partial charge in [0.15, 0.2) is 0 Å². The van der Waals surface area contributed by atoms with Gasteiger partial charge in [-0.1, -0.05) is 43.2 Å². The van der Waals surface area contributed by atoms with Gasteiger partial charge in [0.2, 0.25) is 0 Å². The Morgan fingerprint density at radius 3 is 2.43 bits per heavy atom. The molecule has 0 radical (unpaired) electrons. The van der Waals surface area contributed by atoms with Crippen molar-refractivity contribution in [2.24, 2.45) is 5.41 Å². The first-order chi connectivity index (χ1) is 10.2. The van der Waals surface area contributed by atoms with Gasteiger partial charge in [0, 0.05) is 5.39 Å². The first kappa shape index (κ1) is 13.9. The zero-order valence-electron chi connectivity index (χ0n) is 12.2. The minimum absolute atomic E-state index is 0.642. The molecule has 1 unspecified atom stereocenters. The molecule has 1 saturated carbocycles. The summed E-state index contributed by atoms with van der Waals surface area (Å²) in [6, 6.07) is 14.0. The third-order valence-corrected chi connectivity index (χ3v) is 4.67. The first-order valence-electron chi connectivity index (χ1n) is 7.37. The molecule has 3 nitrogen and oxygen atoms in total. The van der Waals surface area contributed by atoms with Gasteiger partial charge >= 0.3 is 0 Å². The van der Waals surface area contributed by atoms with E-state index < -0.39 is 11.5 Å². The topological polar surface area (TPSA) is 53.2 Å². The number of hydrogen-bond acceptors (Lipinski definition) is 3. The zero-order chi connectivity index (χ0) is 14.9. The molecule has 0 aliphatic heterocycles. The molecule has 1 fully saturated rings. The van der Waals surface area contributed by atoms with Gasteiger partial charge in [-0.15, -0.1) is 0 Å². The number of rotatable bonds is 3. The van der Waals surface area contributed by atoms with Crippen LogP contribution < -0.4 is 4.74 Å². The van der Waals surface area contributed by atoms with Gasteiger partial charge in [0.1, 0.15) is 5.75 Å². The summed E-state index contributed by atoms with van der Waals surface area (Å²) in [6.45, 7) is 0. The highest BCUT2D eigenvalue weighted by Crippen LogP contribution is 2.48. The molecule has 1 aliphatic carbocycles. The Morgan fingerprint density at radius 2 is 1.81 bits per heavy atom. The lowest BCUT2D eigenvalue weighted by Crippen LogP contribution is -2.24. The van der Waals surface area contributed by atoms with Crippen molar-refractivity contribution in [3.05, 3.63) is 42.0 Å². The summed E-state index contributed by atoms with van der Waals surface area (Å²) >= 11 is 0. The number of aliphatic hydroxyl groups is 1. The fourth-order valence-electron chi connectivity index (χ4n) is 3.46. The van der Waals surface area contributed by atoms with E-state index in [0.29, 0.717) is 0 Å². The zero-order valence-corrected chi connectivity index (χ0v) is 12.2. The molecule has 0 heterocycles. The molecule has 2 aromatic rings. The van der Waals surface area contributed by atoms with Crippen LogP contribution in [-0.4, -0.2) is 12.2 Å². The molecule has 3 rings (SSSR count). The Bertz CT molecular complexity index is 696. The number of hydrogen-bond donors (Lipinski definition) is 1. The summed E-state index contributed by atoms with van der Waals surface area (Å²) in [6.07, 6.45) is 2.81. The van der Waals surface area contributed by atoms with E-state index in [-0.39, 0.29) is 0 Å². The van der Waals surface area contributed by atoms with Gasteiger partial charge < -0.3 is 9.84 Å². The van der Waals surface area contributed by atoms with E-state index in [9.17, 15) is 10.4 Å². The average molecular weight is 281 g/mol. The number of aliphatic hydroxyl groups excluding tert-OH is 1. The third kappa shape index (κ3) is 2.16. The van der Waals surface area contributed by atoms with Crippen LogP contribution in [0, 0.1) is 16.7 Å². The smallest absolute Gasteiger partial charge is 0.126 e. The van der Waals surface area contributed by atoms with Crippen molar-refractivity contribution < 1.29 is 9.84 Å². The molecule has 1 atom stereocenters. The van der Waals surface area contributed by atoms with Gasteiger partial charge in [0.25, 0.3) is 0 Å². The number of nitrogens with zero attached hydrogens (tertiary/aromatic N) is 1.